The SMILES string of the molecule is COC(=O)CC1C(=O)N(C)CC(C)N1C(C)C. The largest absolute Gasteiger partial charge is 0.469 e. The maximum atomic E-state index is 12.1. The highest BCUT2D eigenvalue weighted by Crippen LogP contribution is 2.21. The molecule has 1 aliphatic heterocycles. The van der Waals surface area contributed by atoms with Crippen LogP contribution in [0.15, 0.2) is 0 Å². The van der Waals surface area contributed by atoms with Crippen LogP contribution in [0.3, 0.4) is 0 Å². The quantitative estimate of drug-likeness (QED) is 0.676. The number of carbonyl (C=O) groups excluding carboxylic acids is 2. The first-order valence-corrected chi connectivity index (χ1v) is 5.97. The first-order chi connectivity index (χ1) is 7.88. The number of esters is 1. The average Bonchev–Trinajstić information content (AvgIpc) is 2.24. The molecule has 98 valence electrons. The molecule has 5 heteroatoms. The van der Waals surface area contributed by atoms with E-state index in [2.05, 4.69) is 16.6 Å². The van der Waals surface area contributed by atoms with Gasteiger partial charge in [0, 0.05) is 25.7 Å². The smallest absolute Gasteiger partial charge is 0.307 e. The fraction of sp³-hybridized carbons (Fsp3) is 0.833. The molecule has 1 saturated heterocycles. The van der Waals surface area contributed by atoms with Crippen molar-refractivity contribution in [2.45, 2.75) is 45.3 Å². The van der Waals surface area contributed by atoms with Crippen LogP contribution in [0.25, 0.3) is 0 Å². The number of nitrogens with zero attached hydrogens (tertiary/aromatic N) is 2. The zero-order chi connectivity index (χ0) is 13.2. The number of hydrogen-bond donors (Lipinski definition) is 0. The van der Waals surface area contributed by atoms with Crippen molar-refractivity contribution in [2.24, 2.45) is 0 Å². The summed E-state index contributed by atoms with van der Waals surface area (Å²) >= 11 is 0. The van der Waals surface area contributed by atoms with Gasteiger partial charge in [-0.1, -0.05) is 0 Å². The molecule has 2 unspecified atom stereocenters. The van der Waals surface area contributed by atoms with Gasteiger partial charge in [-0.05, 0) is 20.8 Å². The number of carbonyl (C=O) groups is 2. The Kier molecular flexibility index (Phi) is 4.51. The topological polar surface area (TPSA) is 49.9 Å². The third-order valence-corrected chi connectivity index (χ3v) is 3.25. The van der Waals surface area contributed by atoms with Crippen LogP contribution in [0.5, 0.6) is 0 Å². The van der Waals surface area contributed by atoms with E-state index in [0.717, 1.165) is 0 Å². The molecule has 1 aliphatic rings. The summed E-state index contributed by atoms with van der Waals surface area (Å²) in [7, 11) is 3.13. The summed E-state index contributed by atoms with van der Waals surface area (Å²) in [5.41, 5.74) is 0. The number of amides is 1. The Balaban J connectivity index is 2.90. The van der Waals surface area contributed by atoms with E-state index in [1.165, 1.54) is 7.11 Å². The normalized spacial score (nSPS) is 26.5. The molecule has 1 amide bonds. The standard InChI is InChI=1S/C12H22N2O3/c1-8(2)14-9(3)7-13(4)12(16)10(14)6-11(15)17-5/h8-10H,6-7H2,1-5H3. The fourth-order valence-electron chi connectivity index (χ4n) is 2.57. The zero-order valence-electron chi connectivity index (χ0n) is 11.3. The van der Waals surface area contributed by atoms with Gasteiger partial charge in [0.1, 0.15) is 6.04 Å². The summed E-state index contributed by atoms with van der Waals surface area (Å²) in [4.78, 5) is 27.3. The second kappa shape index (κ2) is 5.49. The molecule has 0 aromatic carbocycles. The molecule has 1 heterocycles. The lowest BCUT2D eigenvalue weighted by atomic mass is 10.0. The highest BCUT2D eigenvalue weighted by Gasteiger charge is 2.39. The predicted octanol–water partition coefficient (Wildman–Crippen LogP) is 0.489. The van der Waals surface area contributed by atoms with Gasteiger partial charge in [0.2, 0.25) is 5.91 Å². The van der Waals surface area contributed by atoms with Gasteiger partial charge < -0.3 is 9.64 Å². The number of methoxy groups -OCH3 is 1. The fourth-order valence-corrected chi connectivity index (χ4v) is 2.57. The second-order valence-electron chi connectivity index (χ2n) is 4.90. The van der Waals surface area contributed by atoms with Crippen molar-refractivity contribution >= 4 is 11.9 Å². The molecule has 1 fully saturated rings. The highest BCUT2D eigenvalue weighted by atomic mass is 16.5. The zero-order valence-corrected chi connectivity index (χ0v) is 11.3. The summed E-state index contributed by atoms with van der Waals surface area (Å²) in [5.74, 6) is -0.335. The molecule has 0 radical (unpaired) electrons. The Hall–Kier alpha value is -1.10. The summed E-state index contributed by atoms with van der Waals surface area (Å²) in [6.07, 6.45) is 0.127. The van der Waals surface area contributed by atoms with Crippen molar-refractivity contribution in [3.8, 4) is 0 Å². The van der Waals surface area contributed by atoms with E-state index in [9.17, 15) is 9.59 Å². The molecule has 0 aromatic rings. The first-order valence-electron chi connectivity index (χ1n) is 5.97. The summed E-state index contributed by atoms with van der Waals surface area (Å²) in [6.45, 7) is 6.86. The van der Waals surface area contributed by atoms with Crippen molar-refractivity contribution < 1.29 is 14.3 Å². The van der Waals surface area contributed by atoms with Crippen LogP contribution in [0, 0.1) is 0 Å². The van der Waals surface area contributed by atoms with E-state index in [-0.39, 0.29) is 30.4 Å². The van der Waals surface area contributed by atoms with Gasteiger partial charge >= 0.3 is 5.97 Å². The van der Waals surface area contributed by atoms with Gasteiger partial charge in [0.15, 0.2) is 0 Å². The predicted molar refractivity (Wildman–Crippen MR) is 64.5 cm³/mol. The lowest BCUT2D eigenvalue weighted by Gasteiger charge is -2.45. The van der Waals surface area contributed by atoms with E-state index < -0.39 is 6.04 Å². The van der Waals surface area contributed by atoms with Crippen molar-refractivity contribution in [2.75, 3.05) is 20.7 Å². The summed E-state index contributed by atoms with van der Waals surface area (Å²) < 4.78 is 4.66. The van der Waals surface area contributed by atoms with Gasteiger partial charge in [-0.25, -0.2) is 0 Å². The van der Waals surface area contributed by atoms with Crippen molar-refractivity contribution in [1.29, 1.82) is 0 Å². The molecule has 0 bridgehead atoms. The molecule has 17 heavy (non-hydrogen) atoms. The maximum absolute atomic E-state index is 12.1. The van der Waals surface area contributed by atoms with Gasteiger partial charge in [0.05, 0.1) is 13.5 Å². The first kappa shape index (κ1) is 14.0. The summed E-state index contributed by atoms with van der Waals surface area (Å²) in [5, 5.41) is 0. The van der Waals surface area contributed by atoms with Gasteiger partial charge in [-0.2, -0.15) is 0 Å². The Morgan fingerprint density at radius 3 is 2.59 bits per heavy atom. The van der Waals surface area contributed by atoms with E-state index in [0.29, 0.717) is 6.54 Å². The number of ether oxygens (including phenoxy) is 1. The average molecular weight is 242 g/mol. The second-order valence-corrected chi connectivity index (χ2v) is 4.90. The van der Waals surface area contributed by atoms with Crippen LogP contribution in [0.4, 0.5) is 0 Å². The van der Waals surface area contributed by atoms with Crippen molar-refractivity contribution in [1.82, 2.24) is 9.80 Å². The van der Waals surface area contributed by atoms with Crippen LogP contribution in [-0.4, -0.2) is 60.5 Å². The molecule has 0 aromatic heterocycles. The Labute approximate surface area is 103 Å². The lowest BCUT2D eigenvalue weighted by Crippen LogP contribution is -2.62. The van der Waals surface area contributed by atoms with Gasteiger partial charge in [-0.3, -0.25) is 14.5 Å². The minimum absolute atomic E-state index is 0.00204. The molecular weight excluding hydrogens is 220 g/mol. The van der Waals surface area contributed by atoms with Crippen LogP contribution in [-0.2, 0) is 14.3 Å². The van der Waals surface area contributed by atoms with Crippen LogP contribution < -0.4 is 0 Å². The highest BCUT2D eigenvalue weighted by molar-refractivity contribution is 5.87. The number of hydrogen-bond acceptors (Lipinski definition) is 4. The van der Waals surface area contributed by atoms with E-state index in [4.69, 9.17) is 0 Å². The Bertz CT molecular complexity index is 304. The van der Waals surface area contributed by atoms with E-state index >= 15 is 0 Å². The van der Waals surface area contributed by atoms with E-state index in [1.807, 2.05) is 13.8 Å². The Morgan fingerprint density at radius 2 is 2.12 bits per heavy atom. The van der Waals surface area contributed by atoms with Gasteiger partial charge in [0.25, 0.3) is 0 Å². The minimum Gasteiger partial charge on any atom is -0.469 e. The van der Waals surface area contributed by atoms with Crippen molar-refractivity contribution in [3.63, 3.8) is 0 Å². The molecule has 1 rings (SSSR count). The number of piperazine rings is 1. The third kappa shape index (κ3) is 2.97. The minimum atomic E-state index is -0.392. The molecule has 0 spiro atoms. The monoisotopic (exact) mass is 242 g/mol. The van der Waals surface area contributed by atoms with Crippen LogP contribution in [0.1, 0.15) is 27.2 Å². The number of likely N-dealkylation sites (N-methyl/N-ethyl adjacent to an activating group) is 1. The molecule has 0 aliphatic carbocycles. The molecule has 0 saturated carbocycles. The molecule has 2 atom stereocenters. The number of rotatable bonds is 3. The molecule has 5 nitrogen and oxygen atoms in total. The van der Waals surface area contributed by atoms with Crippen molar-refractivity contribution in [3.05, 3.63) is 0 Å². The lowest BCUT2D eigenvalue weighted by molar-refractivity contribution is -0.153. The molecule has 0 N–H and O–H groups in total. The van der Waals surface area contributed by atoms with Crippen LogP contribution >= 0.6 is 0 Å². The molecular formula is C12H22N2O3. The maximum Gasteiger partial charge on any atom is 0.307 e. The van der Waals surface area contributed by atoms with Crippen LogP contribution in [0.2, 0.25) is 0 Å². The third-order valence-electron chi connectivity index (χ3n) is 3.25. The summed E-state index contributed by atoms with van der Waals surface area (Å²) in [6, 6.07) is 0.0980. The van der Waals surface area contributed by atoms with E-state index in [1.54, 1.807) is 11.9 Å². The van der Waals surface area contributed by atoms with Gasteiger partial charge in [-0.15, -0.1) is 0 Å². The Morgan fingerprint density at radius 1 is 1.53 bits per heavy atom.